The van der Waals surface area contributed by atoms with E-state index in [1.807, 2.05) is 12.1 Å². The van der Waals surface area contributed by atoms with Crippen molar-refractivity contribution in [2.45, 2.75) is 45.6 Å². The van der Waals surface area contributed by atoms with E-state index in [0.29, 0.717) is 5.56 Å². The lowest BCUT2D eigenvalue weighted by molar-refractivity contribution is 0.0600. The first-order valence-electron chi connectivity index (χ1n) is 11.2. The summed E-state index contributed by atoms with van der Waals surface area (Å²) in [7, 11) is 1.42. The number of benzene rings is 2. The molecule has 1 N–H and O–H groups in total. The Kier molecular flexibility index (Phi) is 6.53. The summed E-state index contributed by atoms with van der Waals surface area (Å²) in [5, 5.41) is 4.86. The maximum absolute atomic E-state index is 11.8. The quantitative estimate of drug-likeness (QED) is 0.565. The molecule has 4 nitrogen and oxygen atoms in total. The number of methoxy groups -OCH3 is 1. The van der Waals surface area contributed by atoms with Gasteiger partial charge < -0.3 is 14.6 Å². The van der Waals surface area contributed by atoms with Crippen LogP contribution < -0.4 is 5.32 Å². The van der Waals surface area contributed by atoms with E-state index in [9.17, 15) is 4.79 Å². The normalized spacial score (nSPS) is 14.9. The summed E-state index contributed by atoms with van der Waals surface area (Å²) in [6.07, 6.45) is 5.62. The highest BCUT2D eigenvalue weighted by Gasteiger charge is 2.21. The third-order valence-electron chi connectivity index (χ3n) is 6.34. The summed E-state index contributed by atoms with van der Waals surface area (Å²) >= 11 is 0. The van der Waals surface area contributed by atoms with Gasteiger partial charge in [0.2, 0.25) is 0 Å². The van der Waals surface area contributed by atoms with Gasteiger partial charge in [-0.2, -0.15) is 0 Å². The molecule has 4 rings (SSSR count). The molecule has 0 saturated carbocycles. The highest BCUT2D eigenvalue weighted by Crippen LogP contribution is 2.31. The van der Waals surface area contributed by atoms with E-state index in [-0.39, 0.29) is 5.97 Å². The Bertz CT molecular complexity index is 998. The standard InChI is InChI=1S/C26H32N2O2/c1-3-6-24-23(17-19-9-11-21(12-10-19)26(29)30-2)22-7-4-5-8-25(22)28(24)18-20-13-15-27-16-14-20/h4-5,7-12,20,27H,3,6,13-18H2,1-2H3. The van der Waals surface area contributed by atoms with E-state index >= 15 is 0 Å². The number of nitrogens with zero attached hydrogens (tertiary/aromatic N) is 1. The van der Waals surface area contributed by atoms with Crippen molar-refractivity contribution in [1.29, 1.82) is 0 Å². The predicted molar refractivity (Wildman–Crippen MR) is 122 cm³/mol. The number of hydrogen-bond donors (Lipinski definition) is 1. The van der Waals surface area contributed by atoms with Gasteiger partial charge >= 0.3 is 5.97 Å². The molecule has 2 aromatic carbocycles. The van der Waals surface area contributed by atoms with Crippen LogP contribution in [-0.2, 0) is 24.1 Å². The molecule has 0 aliphatic carbocycles. The van der Waals surface area contributed by atoms with E-state index in [2.05, 4.69) is 53.2 Å². The Morgan fingerprint density at radius 3 is 2.53 bits per heavy atom. The summed E-state index contributed by atoms with van der Waals surface area (Å²) in [6, 6.07) is 16.7. The van der Waals surface area contributed by atoms with Crippen LogP contribution in [0.2, 0.25) is 0 Å². The van der Waals surface area contributed by atoms with Crippen LogP contribution in [0.15, 0.2) is 48.5 Å². The number of carbonyl (C=O) groups excluding carboxylic acids is 1. The van der Waals surface area contributed by atoms with Gasteiger partial charge in [0.25, 0.3) is 0 Å². The highest BCUT2D eigenvalue weighted by molar-refractivity contribution is 5.89. The minimum absolute atomic E-state index is 0.285. The molecule has 1 fully saturated rings. The van der Waals surface area contributed by atoms with Crippen LogP contribution in [0.5, 0.6) is 0 Å². The van der Waals surface area contributed by atoms with Gasteiger partial charge in [-0.1, -0.05) is 43.7 Å². The molecule has 158 valence electrons. The first-order chi connectivity index (χ1) is 14.7. The Hall–Kier alpha value is -2.59. The van der Waals surface area contributed by atoms with E-state index < -0.39 is 0 Å². The summed E-state index contributed by atoms with van der Waals surface area (Å²) in [4.78, 5) is 11.8. The number of nitrogens with one attached hydrogen (secondary N) is 1. The number of aromatic nitrogens is 1. The van der Waals surface area contributed by atoms with E-state index in [1.165, 1.54) is 47.7 Å². The molecule has 0 spiro atoms. The fourth-order valence-electron chi connectivity index (χ4n) is 4.76. The SMILES string of the molecule is CCCc1c(Cc2ccc(C(=O)OC)cc2)c2ccccc2n1CC1CCNCC1. The molecular weight excluding hydrogens is 372 g/mol. The largest absolute Gasteiger partial charge is 0.465 e. The topological polar surface area (TPSA) is 43.3 Å². The molecule has 2 heterocycles. The number of carbonyl (C=O) groups is 1. The lowest BCUT2D eigenvalue weighted by Gasteiger charge is -2.25. The van der Waals surface area contributed by atoms with Crippen LogP contribution in [0.4, 0.5) is 0 Å². The van der Waals surface area contributed by atoms with Crippen molar-refractivity contribution in [3.8, 4) is 0 Å². The molecule has 0 amide bonds. The zero-order valence-corrected chi connectivity index (χ0v) is 18.1. The molecule has 0 radical (unpaired) electrons. The molecule has 0 unspecified atom stereocenters. The molecular formula is C26H32N2O2. The molecule has 1 aliphatic rings. The average molecular weight is 405 g/mol. The number of rotatable bonds is 7. The fraction of sp³-hybridized carbons (Fsp3) is 0.423. The second kappa shape index (κ2) is 9.48. The molecule has 1 aromatic heterocycles. The van der Waals surface area contributed by atoms with Gasteiger partial charge in [0.05, 0.1) is 12.7 Å². The van der Waals surface area contributed by atoms with Crippen molar-refractivity contribution >= 4 is 16.9 Å². The van der Waals surface area contributed by atoms with Crippen molar-refractivity contribution < 1.29 is 9.53 Å². The van der Waals surface area contributed by atoms with E-state index in [1.54, 1.807) is 0 Å². The van der Waals surface area contributed by atoms with Gasteiger partial charge in [-0.15, -0.1) is 0 Å². The number of piperidine rings is 1. The third-order valence-corrected chi connectivity index (χ3v) is 6.34. The fourth-order valence-corrected chi connectivity index (χ4v) is 4.76. The molecule has 1 aliphatic heterocycles. The molecule has 1 saturated heterocycles. The van der Waals surface area contributed by atoms with Crippen molar-refractivity contribution in [3.63, 3.8) is 0 Å². The van der Waals surface area contributed by atoms with Gasteiger partial charge in [0.1, 0.15) is 0 Å². The summed E-state index contributed by atoms with van der Waals surface area (Å²) < 4.78 is 7.44. The van der Waals surface area contributed by atoms with Gasteiger partial charge in [0.15, 0.2) is 0 Å². The van der Waals surface area contributed by atoms with Crippen molar-refractivity contribution in [2.24, 2.45) is 5.92 Å². The van der Waals surface area contributed by atoms with Crippen LogP contribution in [0.1, 0.15) is 53.4 Å². The number of fused-ring (bicyclic) bond motifs is 1. The second-order valence-electron chi connectivity index (χ2n) is 8.36. The third kappa shape index (κ3) is 4.29. The van der Waals surface area contributed by atoms with Crippen LogP contribution >= 0.6 is 0 Å². The highest BCUT2D eigenvalue weighted by atomic mass is 16.5. The predicted octanol–water partition coefficient (Wildman–Crippen LogP) is 4.97. The van der Waals surface area contributed by atoms with Crippen LogP contribution in [0.3, 0.4) is 0 Å². The minimum atomic E-state index is -0.285. The van der Waals surface area contributed by atoms with E-state index in [4.69, 9.17) is 4.74 Å². The van der Waals surface area contributed by atoms with Crippen LogP contribution in [0.25, 0.3) is 10.9 Å². The van der Waals surface area contributed by atoms with Crippen molar-refractivity contribution in [3.05, 3.63) is 70.9 Å². The van der Waals surface area contributed by atoms with Crippen molar-refractivity contribution in [2.75, 3.05) is 20.2 Å². The molecule has 30 heavy (non-hydrogen) atoms. The van der Waals surface area contributed by atoms with E-state index in [0.717, 1.165) is 44.8 Å². The monoisotopic (exact) mass is 404 g/mol. The number of para-hydroxylation sites is 1. The number of hydrogen-bond acceptors (Lipinski definition) is 3. The zero-order chi connectivity index (χ0) is 20.9. The number of esters is 1. The maximum atomic E-state index is 11.8. The van der Waals surface area contributed by atoms with Gasteiger partial charge in [0, 0.05) is 23.1 Å². The average Bonchev–Trinajstić information content (AvgIpc) is 3.07. The molecule has 0 atom stereocenters. The molecule has 0 bridgehead atoms. The minimum Gasteiger partial charge on any atom is -0.465 e. The summed E-state index contributed by atoms with van der Waals surface area (Å²) in [6.45, 7) is 5.64. The Balaban J connectivity index is 1.71. The Morgan fingerprint density at radius 2 is 1.83 bits per heavy atom. The Morgan fingerprint density at radius 1 is 1.10 bits per heavy atom. The first-order valence-corrected chi connectivity index (χ1v) is 11.2. The van der Waals surface area contributed by atoms with Crippen LogP contribution in [0, 0.1) is 5.92 Å². The lowest BCUT2D eigenvalue weighted by Crippen LogP contribution is -2.30. The second-order valence-corrected chi connectivity index (χ2v) is 8.36. The first kappa shape index (κ1) is 20.7. The van der Waals surface area contributed by atoms with Crippen molar-refractivity contribution in [1.82, 2.24) is 9.88 Å². The summed E-state index contributed by atoms with van der Waals surface area (Å²) in [5.74, 6) is 0.455. The smallest absolute Gasteiger partial charge is 0.337 e. The van der Waals surface area contributed by atoms with Gasteiger partial charge in [-0.05, 0) is 74.0 Å². The molecule has 3 aromatic rings. The summed E-state index contributed by atoms with van der Waals surface area (Å²) in [5.41, 5.74) is 6.11. The zero-order valence-electron chi connectivity index (χ0n) is 18.1. The number of ether oxygens (including phenoxy) is 1. The van der Waals surface area contributed by atoms with Gasteiger partial charge in [-0.3, -0.25) is 0 Å². The lowest BCUT2D eigenvalue weighted by atomic mass is 9.97. The van der Waals surface area contributed by atoms with Gasteiger partial charge in [-0.25, -0.2) is 4.79 Å². The molecule has 4 heteroatoms. The maximum Gasteiger partial charge on any atom is 0.337 e. The van der Waals surface area contributed by atoms with Crippen LogP contribution in [-0.4, -0.2) is 30.7 Å². The Labute approximate surface area is 179 Å².